The monoisotopic (exact) mass is 267 g/mol. The van der Waals surface area contributed by atoms with E-state index in [2.05, 4.69) is 21.4 Å². The average Bonchev–Trinajstić information content (AvgIpc) is 2.95. The zero-order chi connectivity index (χ0) is 11.7. The topological polar surface area (TPSA) is 37.8 Å². The van der Waals surface area contributed by atoms with Crippen molar-refractivity contribution >= 4 is 39.0 Å². The second-order valence-electron chi connectivity index (χ2n) is 4.45. The summed E-state index contributed by atoms with van der Waals surface area (Å²) in [7, 11) is 0. The van der Waals surface area contributed by atoms with Gasteiger partial charge in [0.2, 0.25) is 0 Å². The van der Waals surface area contributed by atoms with E-state index in [1.807, 2.05) is 5.38 Å². The molecule has 0 aliphatic heterocycles. The van der Waals surface area contributed by atoms with Crippen LogP contribution in [-0.4, -0.2) is 21.9 Å². The number of anilines is 1. The van der Waals surface area contributed by atoms with E-state index in [-0.39, 0.29) is 0 Å². The first-order valence-corrected chi connectivity index (χ1v) is 7.22. The number of fused-ring (bicyclic) bond motifs is 1. The van der Waals surface area contributed by atoms with Gasteiger partial charge >= 0.3 is 0 Å². The average molecular weight is 268 g/mol. The Kier molecular flexibility index (Phi) is 3.16. The molecule has 2 atom stereocenters. The Morgan fingerprint density at radius 2 is 2.35 bits per heavy atom. The van der Waals surface area contributed by atoms with Crippen LogP contribution in [0.1, 0.15) is 19.3 Å². The lowest BCUT2D eigenvalue weighted by Gasteiger charge is -2.15. The van der Waals surface area contributed by atoms with E-state index < -0.39 is 0 Å². The van der Waals surface area contributed by atoms with Gasteiger partial charge in [0.1, 0.15) is 17.0 Å². The maximum atomic E-state index is 6.27. The molecule has 1 N–H and O–H groups in total. The van der Waals surface area contributed by atoms with E-state index >= 15 is 0 Å². The van der Waals surface area contributed by atoms with E-state index in [4.69, 9.17) is 11.6 Å². The second-order valence-corrected chi connectivity index (χ2v) is 5.90. The molecule has 2 aromatic rings. The minimum atomic E-state index is 0.322. The number of halogens is 1. The van der Waals surface area contributed by atoms with Crippen molar-refractivity contribution in [2.45, 2.75) is 24.6 Å². The van der Waals surface area contributed by atoms with Crippen molar-refractivity contribution in [1.29, 1.82) is 0 Å². The quantitative estimate of drug-likeness (QED) is 0.865. The van der Waals surface area contributed by atoms with Crippen molar-refractivity contribution in [2.24, 2.45) is 5.92 Å². The summed E-state index contributed by atoms with van der Waals surface area (Å²) in [6, 6.07) is 2.06. The van der Waals surface area contributed by atoms with Gasteiger partial charge in [0.05, 0.1) is 5.39 Å². The van der Waals surface area contributed by atoms with Gasteiger partial charge in [0.15, 0.2) is 0 Å². The van der Waals surface area contributed by atoms with Crippen molar-refractivity contribution in [2.75, 3.05) is 11.9 Å². The molecular formula is C12H14ClN3S. The Bertz CT molecular complexity index is 513. The number of rotatable bonds is 3. The molecule has 0 bridgehead atoms. The molecule has 0 saturated heterocycles. The number of aromatic nitrogens is 2. The van der Waals surface area contributed by atoms with E-state index in [1.54, 1.807) is 17.7 Å². The van der Waals surface area contributed by atoms with Gasteiger partial charge in [-0.2, -0.15) is 0 Å². The van der Waals surface area contributed by atoms with Crippen LogP contribution in [0, 0.1) is 5.92 Å². The first kappa shape index (κ1) is 11.2. The molecule has 2 unspecified atom stereocenters. The van der Waals surface area contributed by atoms with Crippen molar-refractivity contribution in [3.63, 3.8) is 0 Å². The Hall–Kier alpha value is -0.870. The summed E-state index contributed by atoms with van der Waals surface area (Å²) in [4.78, 5) is 9.58. The highest BCUT2D eigenvalue weighted by molar-refractivity contribution is 7.16. The molecule has 5 heteroatoms. The molecule has 17 heavy (non-hydrogen) atoms. The molecule has 1 fully saturated rings. The first-order valence-electron chi connectivity index (χ1n) is 5.91. The van der Waals surface area contributed by atoms with Crippen LogP contribution >= 0.6 is 22.9 Å². The molecule has 0 spiro atoms. The zero-order valence-electron chi connectivity index (χ0n) is 9.40. The third-order valence-electron chi connectivity index (χ3n) is 3.36. The van der Waals surface area contributed by atoms with Gasteiger partial charge < -0.3 is 5.32 Å². The number of hydrogen-bond acceptors (Lipinski definition) is 4. The lowest BCUT2D eigenvalue weighted by Crippen LogP contribution is -2.18. The molecular weight excluding hydrogens is 254 g/mol. The summed E-state index contributed by atoms with van der Waals surface area (Å²) >= 11 is 7.91. The lowest BCUT2D eigenvalue weighted by molar-refractivity contribution is 0.585. The number of thiophene rings is 1. The Morgan fingerprint density at radius 1 is 1.41 bits per heavy atom. The van der Waals surface area contributed by atoms with E-state index in [9.17, 15) is 0 Å². The largest absolute Gasteiger partial charge is 0.369 e. The molecule has 1 aliphatic carbocycles. The minimum absolute atomic E-state index is 0.322. The molecule has 90 valence electrons. The highest BCUT2D eigenvalue weighted by Crippen LogP contribution is 2.31. The summed E-state index contributed by atoms with van der Waals surface area (Å²) in [5.74, 6) is 1.51. The first-order chi connectivity index (χ1) is 8.34. The summed E-state index contributed by atoms with van der Waals surface area (Å²) in [6.45, 7) is 0.913. The maximum Gasteiger partial charge on any atom is 0.138 e. The van der Waals surface area contributed by atoms with Gasteiger partial charge in [-0.3, -0.25) is 0 Å². The van der Waals surface area contributed by atoms with Crippen molar-refractivity contribution < 1.29 is 0 Å². The van der Waals surface area contributed by atoms with Crippen molar-refractivity contribution in [3.8, 4) is 0 Å². The van der Waals surface area contributed by atoms with Gasteiger partial charge in [0.25, 0.3) is 0 Å². The maximum absolute atomic E-state index is 6.27. The molecule has 0 amide bonds. The highest BCUT2D eigenvalue weighted by atomic mass is 35.5. The van der Waals surface area contributed by atoms with Crippen molar-refractivity contribution in [1.82, 2.24) is 9.97 Å². The number of hydrogen-bond donors (Lipinski definition) is 1. The van der Waals surface area contributed by atoms with Gasteiger partial charge in [-0.05, 0) is 30.2 Å². The fourth-order valence-electron chi connectivity index (χ4n) is 2.38. The van der Waals surface area contributed by atoms with Crippen LogP contribution in [0.4, 0.5) is 5.82 Å². The molecule has 2 heterocycles. The zero-order valence-corrected chi connectivity index (χ0v) is 11.0. The van der Waals surface area contributed by atoms with Crippen LogP contribution in [0.3, 0.4) is 0 Å². The molecule has 1 aliphatic rings. The summed E-state index contributed by atoms with van der Waals surface area (Å²) in [5, 5.41) is 6.90. The third kappa shape index (κ3) is 2.24. The molecule has 3 nitrogen and oxygen atoms in total. The molecule has 2 aromatic heterocycles. The van der Waals surface area contributed by atoms with Crippen LogP contribution in [0.2, 0.25) is 0 Å². The summed E-state index contributed by atoms with van der Waals surface area (Å²) in [5.41, 5.74) is 0. The van der Waals surface area contributed by atoms with E-state index in [1.165, 1.54) is 12.8 Å². The Balaban J connectivity index is 1.74. The second kappa shape index (κ2) is 4.78. The summed E-state index contributed by atoms with van der Waals surface area (Å²) in [6.07, 6.45) is 5.23. The Morgan fingerprint density at radius 3 is 3.18 bits per heavy atom. The molecule has 1 saturated carbocycles. The van der Waals surface area contributed by atoms with Crippen LogP contribution in [0.5, 0.6) is 0 Å². The fourth-order valence-corrected chi connectivity index (χ4v) is 3.48. The van der Waals surface area contributed by atoms with Crippen molar-refractivity contribution in [3.05, 3.63) is 17.8 Å². The molecule has 3 rings (SSSR count). The number of alkyl halides is 1. The predicted octanol–water partition coefficient (Wildman–Crippen LogP) is 3.51. The fraction of sp³-hybridized carbons (Fsp3) is 0.500. The van der Waals surface area contributed by atoms with Gasteiger partial charge in [0, 0.05) is 11.9 Å². The van der Waals surface area contributed by atoms with Crippen LogP contribution in [-0.2, 0) is 0 Å². The summed E-state index contributed by atoms with van der Waals surface area (Å²) < 4.78 is 0. The highest BCUT2D eigenvalue weighted by Gasteiger charge is 2.25. The Labute approximate surface area is 109 Å². The molecule has 0 radical (unpaired) electrons. The number of nitrogens with zero attached hydrogens (tertiary/aromatic N) is 2. The molecule has 0 aromatic carbocycles. The van der Waals surface area contributed by atoms with E-state index in [0.717, 1.165) is 29.0 Å². The minimum Gasteiger partial charge on any atom is -0.369 e. The van der Waals surface area contributed by atoms with Gasteiger partial charge in [-0.25, -0.2) is 9.97 Å². The van der Waals surface area contributed by atoms with Gasteiger partial charge in [-0.15, -0.1) is 22.9 Å². The lowest BCUT2D eigenvalue weighted by atomic mass is 10.1. The van der Waals surface area contributed by atoms with Crippen LogP contribution in [0.15, 0.2) is 17.8 Å². The smallest absolute Gasteiger partial charge is 0.138 e. The van der Waals surface area contributed by atoms with Crippen LogP contribution in [0.25, 0.3) is 10.2 Å². The van der Waals surface area contributed by atoms with Crippen LogP contribution < -0.4 is 5.32 Å². The third-order valence-corrected chi connectivity index (χ3v) is 4.76. The predicted molar refractivity (Wildman–Crippen MR) is 72.9 cm³/mol. The van der Waals surface area contributed by atoms with Gasteiger partial charge in [-0.1, -0.05) is 6.42 Å². The standard InChI is InChI=1S/C12H14ClN3S/c13-10-3-1-2-8(10)6-14-11-9-4-5-17-12(9)16-7-15-11/h4-5,7-8,10H,1-3,6H2,(H,14,15,16). The van der Waals surface area contributed by atoms with E-state index in [0.29, 0.717) is 11.3 Å². The SMILES string of the molecule is ClC1CCCC1CNc1ncnc2sccc12. The normalized spacial score (nSPS) is 24.3. The number of nitrogens with one attached hydrogen (secondary N) is 1.